The van der Waals surface area contributed by atoms with Crippen molar-refractivity contribution in [2.75, 3.05) is 6.61 Å². The van der Waals surface area contributed by atoms with Crippen molar-refractivity contribution in [3.63, 3.8) is 0 Å². The number of halogens is 1. The van der Waals surface area contributed by atoms with Crippen LogP contribution < -0.4 is 4.74 Å². The summed E-state index contributed by atoms with van der Waals surface area (Å²) in [7, 11) is 0. The third-order valence-corrected chi connectivity index (χ3v) is 7.76. The predicted molar refractivity (Wildman–Crippen MR) is 156 cm³/mol. The number of carbonyl (C=O) groups is 2. The molecule has 0 spiro atoms. The van der Waals surface area contributed by atoms with Crippen molar-refractivity contribution in [2.45, 2.75) is 72.3 Å². The van der Waals surface area contributed by atoms with E-state index in [1.54, 1.807) is 11.0 Å². The number of hydrogen-bond acceptors (Lipinski definition) is 4. The molecule has 0 aliphatic carbocycles. The zero-order chi connectivity index (χ0) is 29.5. The van der Waals surface area contributed by atoms with Crippen LogP contribution in [-0.4, -0.2) is 34.1 Å². The molecule has 7 heteroatoms. The normalized spacial score (nSPS) is 15.4. The first kappa shape index (κ1) is 28.6. The van der Waals surface area contributed by atoms with Crippen molar-refractivity contribution in [2.24, 2.45) is 0 Å². The van der Waals surface area contributed by atoms with Gasteiger partial charge in [-0.05, 0) is 117 Å². The summed E-state index contributed by atoms with van der Waals surface area (Å²) in [6, 6.07) is 11.8. The van der Waals surface area contributed by atoms with E-state index in [0.29, 0.717) is 18.7 Å². The summed E-state index contributed by atoms with van der Waals surface area (Å²) in [4.78, 5) is 27.7. The molecule has 0 unspecified atom stereocenters. The first-order valence-electron chi connectivity index (χ1n) is 14.0. The third-order valence-electron chi connectivity index (χ3n) is 7.76. The molecule has 1 N–H and O–H groups in total. The lowest BCUT2D eigenvalue weighted by Gasteiger charge is -2.29. The average Bonchev–Trinajstić information content (AvgIpc) is 3.38. The lowest BCUT2D eigenvalue weighted by atomic mass is 9.85. The van der Waals surface area contributed by atoms with Gasteiger partial charge in [-0.3, -0.25) is 4.79 Å². The molecule has 1 atom stereocenters. The van der Waals surface area contributed by atoms with Gasteiger partial charge in [-0.25, -0.2) is 9.18 Å². The molecule has 214 valence electrons. The largest absolute Gasteiger partial charge is 0.493 e. The van der Waals surface area contributed by atoms with E-state index in [9.17, 15) is 19.1 Å². The Bertz CT molecular complexity index is 1550. The summed E-state index contributed by atoms with van der Waals surface area (Å²) in [6.45, 7) is 10.8. The van der Waals surface area contributed by atoms with Crippen LogP contribution in [0.15, 0.2) is 42.5 Å². The van der Waals surface area contributed by atoms with Crippen LogP contribution in [-0.2, 0) is 29.0 Å². The zero-order valence-electron chi connectivity index (χ0n) is 24.2. The van der Waals surface area contributed by atoms with Crippen LogP contribution in [0.25, 0.3) is 12.2 Å². The number of carboxylic acid groups (broad SMARTS) is 1. The Morgan fingerprint density at radius 1 is 1.05 bits per heavy atom. The molecular formula is C34H36FNO5. The highest BCUT2D eigenvalue weighted by molar-refractivity contribution is 5.95. The lowest BCUT2D eigenvalue weighted by molar-refractivity contribution is -0.160. The van der Waals surface area contributed by atoms with Gasteiger partial charge in [0, 0.05) is 24.2 Å². The van der Waals surface area contributed by atoms with E-state index in [1.807, 2.05) is 58.9 Å². The number of aliphatic carboxylic acids is 1. The minimum absolute atomic E-state index is 0.268. The van der Waals surface area contributed by atoms with Crippen molar-refractivity contribution in [3.05, 3.63) is 98.4 Å². The van der Waals surface area contributed by atoms with Crippen molar-refractivity contribution >= 4 is 24.0 Å². The van der Waals surface area contributed by atoms with Gasteiger partial charge in [-0.1, -0.05) is 24.3 Å². The topological polar surface area (TPSA) is 76.1 Å². The quantitative estimate of drug-likeness (QED) is 0.329. The van der Waals surface area contributed by atoms with E-state index >= 15 is 0 Å². The second kappa shape index (κ2) is 11.1. The van der Waals surface area contributed by atoms with Crippen molar-refractivity contribution < 1.29 is 28.6 Å². The predicted octanol–water partition coefficient (Wildman–Crippen LogP) is 7.03. The number of amides is 1. The Kier molecular flexibility index (Phi) is 7.75. The fraction of sp³-hybridized carbons (Fsp3) is 0.353. The summed E-state index contributed by atoms with van der Waals surface area (Å²) in [5.41, 5.74) is 6.66. The van der Waals surface area contributed by atoms with E-state index in [4.69, 9.17) is 9.47 Å². The summed E-state index contributed by atoms with van der Waals surface area (Å²) in [6.07, 6.45) is 4.68. The van der Waals surface area contributed by atoms with Crippen LogP contribution in [0.1, 0.15) is 88.2 Å². The first-order chi connectivity index (χ1) is 19.4. The lowest BCUT2D eigenvalue weighted by Crippen LogP contribution is -2.29. The molecule has 2 aliphatic heterocycles. The van der Waals surface area contributed by atoms with Crippen molar-refractivity contribution in [1.82, 2.24) is 4.90 Å². The second-order valence-electron chi connectivity index (χ2n) is 11.8. The van der Waals surface area contributed by atoms with E-state index < -0.39 is 23.5 Å². The standard InChI is InChI=1S/C34H36FNO5/c1-20-26(13-11-22-12-14-29-23(16-22)9-7-15-40-29)30(31(33(38)39)41-34(3,4)5)21(2)28-19-36(18-27(20)28)32(37)24-8-6-10-25(35)17-24/h6,8,10-14,16-17,31H,7,9,15,18-19H2,1-5H3,(H,38,39)/b13-11+/t31-/m0/s1. The smallest absolute Gasteiger partial charge is 0.337 e. The molecule has 3 aromatic carbocycles. The van der Waals surface area contributed by atoms with Crippen LogP contribution >= 0.6 is 0 Å². The van der Waals surface area contributed by atoms with Gasteiger partial charge >= 0.3 is 5.97 Å². The highest BCUT2D eigenvalue weighted by Crippen LogP contribution is 2.40. The summed E-state index contributed by atoms with van der Waals surface area (Å²) in [5, 5.41) is 10.3. The average molecular weight is 558 g/mol. The first-order valence-corrected chi connectivity index (χ1v) is 14.0. The van der Waals surface area contributed by atoms with Gasteiger partial charge < -0.3 is 19.5 Å². The molecule has 41 heavy (non-hydrogen) atoms. The Labute approximate surface area is 240 Å². The van der Waals surface area contributed by atoms with E-state index in [2.05, 4.69) is 6.07 Å². The zero-order valence-corrected chi connectivity index (χ0v) is 24.2. The number of ether oxygens (including phenoxy) is 2. The molecule has 2 aliphatic rings. The maximum Gasteiger partial charge on any atom is 0.337 e. The molecule has 2 heterocycles. The summed E-state index contributed by atoms with van der Waals surface area (Å²) in [5.74, 6) is -0.901. The highest BCUT2D eigenvalue weighted by Gasteiger charge is 2.35. The van der Waals surface area contributed by atoms with Gasteiger partial charge in [0.05, 0.1) is 12.2 Å². The van der Waals surface area contributed by atoms with Gasteiger partial charge in [0.1, 0.15) is 11.6 Å². The molecule has 3 aromatic rings. The van der Waals surface area contributed by atoms with Crippen molar-refractivity contribution in [1.29, 1.82) is 0 Å². The van der Waals surface area contributed by atoms with E-state index in [0.717, 1.165) is 64.1 Å². The Morgan fingerprint density at radius 3 is 2.46 bits per heavy atom. The molecule has 0 bridgehead atoms. The molecule has 0 saturated carbocycles. The number of carbonyl (C=O) groups excluding carboxylic acids is 1. The van der Waals surface area contributed by atoms with Gasteiger partial charge in [-0.15, -0.1) is 0 Å². The molecule has 0 radical (unpaired) electrons. The molecule has 6 nitrogen and oxygen atoms in total. The molecule has 5 rings (SSSR count). The molecule has 0 aromatic heterocycles. The Hall–Kier alpha value is -3.97. The monoisotopic (exact) mass is 557 g/mol. The van der Waals surface area contributed by atoms with Crippen LogP contribution in [0.2, 0.25) is 0 Å². The highest BCUT2D eigenvalue weighted by atomic mass is 19.1. The minimum Gasteiger partial charge on any atom is -0.493 e. The summed E-state index contributed by atoms with van der Waals surface area (Å²) >= 11 is 0. The number of rotatable bonds is 6. The van der Waals surface area contributed by atoms with Gasteiger partial charge in [0.25, 0.3) is 5.91 Å². The number of aryl methyl sites for hydroxylation is 1. The van der Waals surface area contributed by atoms with E-state index in [1.165, 1.54) is 18.2 Å². The molecule has 0 fully saturated rings. The van der Waals surface area contributed by atoms with E-state index in [-0.39, 0.29) is 11.5 Å². The number of fused-ring (bicyclic) bond motifs is 2. The molecular weight excluding hydrogens is 521 g/mol. The molecule has 0 saturated heterocycles. The van der Waals surface area contributed by atoms with Crippen LogP contribution in [0.4, 0.5) is 4.39 Å². The second-order valence-corrected chi connectivity index (χ2v) is 11.8. The third kappa shape index (κ3) is 5.91. The summed E-state index contributed by atoms with van der Waals surface area (Å²) < 4.78 is 25.8. The fourth-order valence-corrected chi connectivity index (χ4v) is 5.80. The minimum atomic E-state index is -1.21. The SMILES string of the molecule is Cc1c(/C=C/c2ccc3c(c2)CCCO3)c([C@H](OC(C)(C)C)C(=O)O)c(C)c2c1CN(C(=O)c1cccc(F)c1)C2. The number of nitrogens with zero attached hydrogens (tertiary/aromatic N) is 1. The van der Waals surface area contributed by atoms with Gasteiger partial charge in [0.2, 0.25) is 0 Å². The maximum absolute atomic E-state index is 13.9. The maximum atomic E-state index is 13.9. The number of benzene rings is 3. The van der Waals surface area contributed by atoms with Crippen LogP contribution in [0, 0.1) is 19.7 Å². The fourth-order valence-electron chi connectivity index (χ4n) is 5.80. The van der Waals surface area contributed by atoms with Gasteiger partial charge in [-0.2, -0.15) is 0 Å². The Morgan fingerprint density at radius 2 is 1.78 bits per heavy atom. The van der Waals surface area contributed by atoms with Crippen molar-refractivity contribution in [3.8, 4) is 5.75 Å². The van der Waals surface area contributed by atoms with Crippen LogP contribution in [0.3, 0.4) is 0 Å². The Balaban J connectivity index is 1.60. The molecule has 1 amide bonds. The number of hydrogen-bond donors (Lipinski definition) is 1. The number of carboxylic acids is 1. The van der Waals surface area contributed by atoms with Gasteiger partial charge in [0.15, 0.2) is 6.10 Å². The van der Waals surface area contributed by atoms with Crippen LogP contribution in [0.5, 0.6) is 5.75 Å².